The standard InChI is InChI=1S/C13H15ClN2O/c14-10-2-1-3-11-13(10)17-12(16-11)8-9-4-6-15-7-5-9/h1-3,9,15H,4-8H2. The first-order valence-electron chi connectivity index (χ1n) is 6.07. The molecule has 3 rings (SSSR count). The molecule has 0 bridgehead atoms. The first kappa shape index (κ1) is 11.1. The molecule has 0 spiro atoms. The van der Waals surface area contributed by atoms with Crippen molar-refractivity contribution < 1.29 is 4.42 Å². The smallest absolute Gasteiger partial charge is 0.195 e. The Morgan fingerprint density at radius 1 is 1.35 bits per heavy atom. The highest BCUT2D eigenvalue weighted by molar-refractivity contribution is 6.34. The molecule has 0 aliphatic carbocycles. The molecule has 1 aromatic carbocycles. The van der Waals surface area contributed by atoms with Gasteiger partial charge >= 0.3 is 0 Å². The van der Waals surface area contributed by atoms with Crippen LogP contribution >= 0.6 is 11.6 Å². The van der Waals surface area contributed by atoms with Gasteiger partial charge in [0.2, 0.25) is 0 Å². The maximum Gasteiger partial charge on any atom is 0.195 e. The molecule has 1 aliphatic rings. The number of piperidine rings is 1. The highest BCUT2D eigenvalue weighted by Crippen LogP contribution is 2.26. The lowest BCUT2D eigenvalue weighted by Gasteiger charge is -2.20. The van der Waals surface area contributed by atoms with Crippen LogP contribution in [0.1, 0.15) is 18.7 Å². The molecule has 90 valence electrons. The van der Waals surface area contributed by atoms with E-state index in [-0.39, 0.29) is 0 Å². The Morgan fingerprint density at radius 3 is 2.94 bits per heavy atom. The van der Waals surface area contributed by atoms with Crippen molar-refractivity contribution in [2.75, 3.05) is 13.1 Å². The summed E-state index contributed by atoms with van der Waals surface area (Å²) < 4.78 is 5.74. The molecule has 0 unspecified atom stereocenters. The molecule has 0 saturated carbocycles. The predicted octanol–water partition coefficient (Wildman–Crippen LogP) is 3.02. The van der Waals surface area contributed by atoms with Gasteiger partial charge in [-0.05, 0) is 44.0 Å². The second kappa shape index (κ2) is 4.67. The van der Waals surface area contributed by atoms with E-state index in [9.17, 15) is 0 Å². The molecular weight excluding hydrogens is 236 g/mol. The van der Waals surface area contributed by atoms with Gasteiger partial charge in [-0.15, -0.1) is 0 Å². The summed E-state index contributed by atoms with van der Waals surface area (Å²) in [5.41, 5.74) is 1.58. The summed E-state index contributed by atoms with van der Waals surface area (Å²) in [6.45, 7) is 2.21. The Hall–Kier alpha value is -1.06. The zero-order chi connectivity index (χ0) is 11.7. The fourth-order valence-corrected chi connectivity index (χ4v) is 2.59. The SMILES string of the molecule is Clc1cccc2nc(CC3CCNCC3)oc12. The summed E-state index contributed by atoms with van der Waals surface area (Å²) in [5.74, 6) is 1.50. The van der Waals surface area contributed by atoms with Crippen molar-refractivity contribution in [3.05, 3.63) is 29.1 Å². The van der Waals surface area contributed by atoms with Gasteiger partial charge in [0.1, 0.15) is 5.52 Å². The molecule has 2 aromatic rings. The van der Waals surface area contributed by atoms with Crippen LogP contribution in [-0.4, -0.2) is 18.1 Å². The molecule has 17 heavy (non-hydrogen) atoms. The molecule has 1 saturated heterocycles. The predicted molar refractivity (Wildman–Crippen MR) is 68.3 cm³/mol. The number of para-hydroxylation sites is 1. The first-order valence-corrected chi connectivity index (χ1v) is 6.45. The van der Waals surface area contributed by atoms with Crippen molar-refractivity contribution >= 4 is 22.7 Å². The Kier molecular flexibility index (Phi) is 3.04. The van der Waals surface area contributed by atoms with E-state index in [1.165, 1.54) is 12.8 Å². The number of halogens is 1. The molecule has 0 amide bonds. The van der Waals surface area contributed by atoms with Crippen molar-refractivity contribution in [2.45, 2.75) is 19.3 Å². The van der Waals surface area contributed by atoms with Crippen LogP contribution in [0.2, 0.25) is 5.02 Å². The third kappa shape index (κ3) is 2.31. The summed E-state index contributed by atoms with van der Waals surface area (Å²) in [4.78, 5) is 4.50. The number of benzene rings is 1. The van der Waals surface area contributed by atoms with Gasteiger partial charge in [-0.2, -0.15) is 0 Å². The van der Waals surface area contributed by atoms with Gasteiger partial charge in [-0.25, -0.2) is 4.98 Å². The highest BCUT2D eigenvalue weighted by Gasteiger charge is 2.17. The van der Waals surface area contributed by atoms with Gasteiger partial charge in [-0.1, -0.05) is 17.7 Å². The summed E-state index contributed by atoms with van der Waals surface area (Å²) in [6, 6.07) is 5.68. The number of nitrogens with zero attached hydrogens (tertiary/aromatic N) is 1. The average Bonchev–Trinajstić information content (AvgIpc) is 2.74. The normalized spacial score (nSPS) is 17.7. The fraction of sp³-hybridized carbons (Fsp3) is 0.462. The van der Waals surface area contributed by atoms with Gasteiger partial charge in [-0.3, -0.25) is 0 Å². The number of oxazole rings is 1. The van der Waals surface area contributed by atoms with Crippen LogP contribution in [0.25, 0.3) is 11.1 Å². The van der Waals surface area contributed by atoms with E-state index in [2.05, 4.69) is 10.3 Å². The quantitative estimate of drug-likeness (QED) is 0.890. The molecular formula is C13H15ClN2O. The van der Waals surface area contributed by atoms with Crippen LogP contribution in [-0.2, 0) is 6.42 Å². The van der Waals surface area contributed by atoms with Gasteiger partial charge in [0.25, 0.3) is 0 Å². The van der Waals surface area contributed by atoms with Crippen molar-refractivity contribution in [1.82, 2.24) is 10.3 Å². The van der Waals surface area contributed by atoms with E-state index in [1.807, 2.05) is 18.2 Å². The van der Waals surface area contributed by atoms with Crippen LogP contribution in [0.3, 0.4) is 0 Å². The van der Waals surface area contributed by atoms with E-state index in [0.717, 1.165) is 36.5 Å². The summed E-state index contributed by atoms with van der Waals surface area (Å²) in [5, 5.41) is 4.01. The molecule has 0 atom stereocenters. The number of hydrogen-bond acceptors (Lipinski definition) is 3. The van der Waals surface area contributed by atoms with Crippen LogP contribution < -0.4 is 5.32 Å². The summed E-state index contributed by atoms with van der Waals surface area (Å²) >= 11 is 6.07. The lowest BCUT2D eigenvalue weighted by Crippen LogP contribution is -2.28. The lowest BCUT2D eigenvalue weighted by molar-refractivity contribution is 0.346. The minimum atomic E-state index is 0.645. The van der Waals surface area contributed by atoms with Gasteiger partial charge in [0, 0.05) is 6.42 Å². The lowest BCUT2D eigenvalue weighted by atomic mass is 9.95. The van der Waals surface area contributed by atoms with Crippen molar-refractivity contribution in [3.8, 4) is 0 Å². The molecule has 0 radical (unpaired) electrons. The van der Waals surface area contributed by atoms with Crippen molar-refractivity contribution in [3.63, 3.8) is 0 Å². The zero-order valence-electron chi connectivity index (χ0n) is 9.58. The summed E-state index contributed by atoms with van der Waals surface area (Å²) in [7, 11) is 0. The highest BCUT2D eigenvalue weighted by atomic mass is 35.5. The van der Waals surface area contributed by atoms with Crippen LogP contribution in [0.5, 0.6) is 0 Å². The number of aromatic nitrogens is 1. The van der Waals surface area contributed by atoms with Crippen LogP contribution in [0.4, 0.5) is 0 Å². The van der Waals surface area contributed by atoms with Crippen LogP contribution in [0.15, 0.2) is 22.6 Å². The number of fused-ring (bicyclic) bond motifs is 1. The van der Waals surface area contributed by atoms with Gasteiger partial charge < -0.3 is 9.73 Å². The average molecular weight is 251 g/mol. The monoisotopic (exact) mass is 250 g/mol. The number of nitrogens with one attached hydrogen (secondary N) is 1. The third-order valence-corrected chi connectivity index (χ3v) is 3.63. The molecule has 1 aliphatic heterocycles. The number of hydrogen-bond donors (Lipinski definition) is 1. The van der Waals surface area contributed by atoms with E-state index in [1.54, 1.807) is 0 Å². The van der Waals surface area contributed by atoms with Crippen molar-refractivity contribution in [2.24, 2.45) is 5.92 Å². The number of rotatable bonds is 2. The Balaban J connectivity index is 1.83. The molecule has 4 heteroatoms. The second-order valence-electron chi connectivity index (χ2n) is 4.59. The van der Waals surface area contributed by atoms with E-state index in [0.29, 0.717) is 10.9 Å². The Bertz CT molecular complexity index is 517. The zero-order valence-corrected chi connectivity index (χ0v) is 10.3. The van der Waals surface area contributed by atoms with Crippen LogP contribution in [0, 0.1) is 5.92 Å². The molecule has 1 fully saturated rings. The Morgan fingerprint density at radius 2 is 2.18 bits per heavy atom. The van der Waals surface area contributed by atoms with Crippen molar-refractivity contribution in [1.29, 1.82) is 0 Å². The summed E-state index contributed by atoms with van der Waals surface area (Å²) in [6.07, 6.45) is 3.33. The van der Waals surface area contributed by atoms with Gasteiger partial charge in [0.05, 0.1) is 5.02 Å². The van der Waals surface area contributed by atoms with Gasteiger partial charge in [0.15, 0.2) is 11.5 Å². The fourth-order valence-electron chi connectivity index (χ4n) is 2.38. The van der Waals surface area contributed by atoms with E-state index < -0.39 is 0 Å². The largest absolute Gasteiger partial charge is 0.439 e. The first-order chi connectivity index (χ1) is 8.33. The molecule has 2 heterocycles. The minimum Gasteiger partial charge on any atom is -0.439 e. The molecule has 3 nitrogen and oxygen atoms in total. The maximum absolute atomic E-state index is 6.07. The Labute approximate surface area is 105 Å². The second-order valence-corrected chi connectivity index (χ2v) is 5.00. The van der Waals surface area contributed by atoms with E-state index >= 15 is 0 Å². The molecule has 1 N–H and O–H groups in total. The third-order valence-electron chi connectivity index (χ3n) is 3.33. The van der Waals surface area contributed by atoms with E-state index in [4.69, 9.17) is 16.0 Å². The molecule has 1 aromatic heterocycles. The maximum atomic E-state index is 6.07. The topological polar surface area (TPSA) is 38.1 Å². The minimum absolute atomic E-state index is 0.645.